The van der Waals surface area contributed by atoms with Gasteiger partial charge in [0.25, 0.3) is 0 Å². The van der Waals surface area contributed by atoms with Crippen LogP contribution in [0, 0.1) is 5.82 Å². The summed E-state index contributed by atoms with van der Waals surface area (Å²) in [7, 11) is 3.16. The van der Waals surface area contributed by atoms with Crippen LogP contribution < -0.4 is 14.8 Å². The van der Waals surface area contributed by atoms with Gasteiger partial charge in [0.05, 0.1) is 20.3 Å². The molecule has 0 fully saturated rings. The van der Waals surface area contributed by atoms with Gasteiger partial charge in [0, 0.05) is 18.0 Å². The van der Waals surface area contributed by atoms with Crippen molar-refractivity contribution in [1.82, 2.24) is 15.0 Å². The zero-order chi connectivity index (χ0) is 20.2. The van der Waals surface area contributed by atoms with Crippen LogP contribution in [0.15, 0.2) is 67.0 Å². The minimum atomic E-state index is -0.433. The second-order valence-electron chi connectivity index (χ2n) is 6.34. The van der Waals surface area contributed by atoms with Crippen molar-refractivity contribution < 1.29 is 13.9 Å². The largest absolute Gasteiger partial charge is 0.497 e. The van der Waals surface area contributed by atoms with Crippen molar-refractivity contribution in [2.45, 2.75) is 6.04 Å². The third-order valence-electron chi connectivity index (χ3n) is 4.55. The third kappa shape index (κ3) is 3.94. The molecule has 6 nitrogen and oxygen atoms in total. The average molecular weight is 390 g/mol. The first-order valence-electron chi connectivity index (χ1n) is 8.99. The summed E-state index contributed by atoms with van der Waals surface area (Å²) in [5.41, 5.74) is 2.73. The summed E-state index contributed by atoms with van der Waals surface area (Å²) in [5.74, 6) is 1.49. The first kappa shape index (κ1) is 18.6. The number of hydrogen-bond donors (Lipinski definition) is 1. The number of rotatable bonds is 6. The van der Waals surface area contributed by atoms with Crippen LogP contribution in [-0.4, -0.2) is 29.2 Å². The normalized spacial score (nSPS) is 11.8. The Hall–Kier alpha value is -3.74. The highest BCUT2D eigenvalue weighted by atomic mass is 19.1. The number of fused-ring (bicyclic) bond motifs is 1. The molecule has 1 N–H and O–H groups in total. The van der Waals surface area contributed by atoms with E-state index in [1.807, 2.05) is 36.4 Å². The summed E-state index contributed by atoms with van der Waals surface area (Å²) in [5, 5.41) is 3.38. The number of aromatic nitrogens is 3. The maximum atomic E-state index is 14.1. The Morgan fingerprint density at radius 3 is 2.62 bits per heavy atom. The van der Waals surface area contributed by atoms with E-state index >= 15 is 0 Å². The molecular weight excluding hydrogens is 371 g/mol. The summed E-state index contributed by atoms with van der Waals surface area (Å²) in [6.45, 7) is 0. The highest BCUT2D eigenvalue weighted by molar-refractivity contribution is 5.71. The van der Waals surface area contributed by atoms with Gasteiger partial charge in [0.1, 0.15) is 28.7 Å². The molecule has 2 aromatic carbocycles. The number of hydrogen-bond acceptors (Lipinski definition) is 6. The molecule has 1 unspecified atom stereocenters. The number of nitrogens with one attached hydrogen (secondary N) is 1. The molecule has 7 heteroatoms. The summed E-state index contributed by atoms with van der Waals surface area (Å²) < 4.78 is 25.0. The van der Waals surface area contributed by atoms with Crippen molar-refractivity contribution in [2.24, 2.45) is 0 Å². The number of benzene rings is 2. The van der Waals surface area contributed by atoms with Gasteiger partial charge in [-0.3, -0.25) is 4.98 Å². The second-order valence-corrected chi connectivity index (χ2v) is 6.34. The van der Waals surface area contributed by atoms with Crippen LogP contribution in [-0.2, 0) is 0 Å². The molecule has 29 heavy (non-hydrogen) atoms. The lowest BCUT2D eigenvalue weighted by Crippen LogP contribution is -2.15. The predicted molar refractivity (Wildman–Crippen MR) is 109 cm³/mol. The zero-order valence-corrected chi connectivity index (χ0v) is 16.0. The maximum Gasteiger partial charge on any atom is 0.180 e. The fraction of sp³-hybridized carbons (Fsp3) is 0.136. The van der Waals surface area contributed by atoms with Crippen LogP contribution in [0.5, 0.6) is 11.5 Å². The molecule has 0 aliphatic rings. The summed E-state index contributed by atoms with van der Waals surface area (Å²) >= 11 is 0. The van der Waals surface area contributed by atoms with E-state index < -0.39 is 6.04 Å². The second kappa shape index (κ2) is 8.10. The van der Waals surface area contributed by atoms with Crippen LogP contribution in [0.2, 0.25) is 0 Å². The zero-order valence-electron chi connectivity index (χ0n) is 16.0. The Morgan fingerprint density at radius 2 is 1.79 bits per heavy atom. The molecule has 0 radical (unpaired) electrons. The molecule has 2 aromatic heterocycles. The van der Waals surface area contributed by atoms with Gasteiger partial charge in [-0.15, -0.1) is 0 Å². The van der Waals surface area contributed by atoms with Crippen LogP contribution in [0.25, 0.3) is 11.2 Å². The first-order valence-corrected chi connectivity index (χ1v) is 8.99. The Kier molecular flexibility index (Phi) is 5.20. The molecule has 2 heterocycles. The lowest BCUT2D eigenvalue weighted by molar-refractivity contribution is 0.406. The van der Waals surface area contributed by atoms with Gasteiger partial charge in [-0.25, -0.2) is 14.4 Å². The minimum absolute atomic E-state index is 0.354. The number of methoxy groups -OCH3 is 2. The van der Waals surface area contributed by atoms with E-state index in [1.54, 1.807) is 32.7 Å². The van der Waals surface area contributed by atoms with E-state index in [0.29, 0.717) is 34.0 Å². The van der Waals surface area contributed by atoms with Gasteiger partial charge < -0.3 is 14.8 Å². The maximum absolute atomic E-state index is 14.1. The highest BCUT2D eigenvalue weighted by Crippen LogP contribution is 2.34. The Balaban J connectivity index is 1.82. The SMILES string of the molecule is COc1cccc(C(Nc2ccc3nccnc3n2)c2cc(F)ccc2OC)c1. The Labute approximate surface area is 167 Å². The van der Waals surface area contributed by atoms with E-state index in [9.17, 15) is 4.39 Å². The van der Waals surface area contributed by atoms with Gasteiger partial charge in [-0.2, -0.15) is 0 Å². The molecular formula is C22H19FN4O2. The van der Waals surface area contributed by atoms with E-state index in [1.165, 1.54) is 12.1 Å². The molecule has 146 valence electrons. The molecule has 0 bridgehead atoms. The lowest BCUT2D eigenvalue weighted by atomic mass is 9.97. The first-order chi connectivity index (χ1) is 14.2. The van der Waals surface area contributed by atoms with E-state index in [2.05, 4.69) is 20.3 Å². The molecule has 0 amide bonds. The quantitative estimate of drug-likeness (QED) is 0.527. The van der Waals surface area contributed by atoms with E-state index in [0.717, 1.165) is 5.56 Å². The van der Waals surface area contributed by atoms with Gasteiger partial charge >= 0.3 is 0 Å². The molecule has 4 rings (SSSR count). The van der Waals surface area contributed by atoms with Crippen molar-refractivity contribution in [3.8, 4) is 11.5 Å². The Bertz CT molecular complexity index is 1150. The number of pyridine rings is 1. The van der Waals surface area contributed by atoms with Gasteiger partial charge in [0.2, 0.25) is 0 Å². The molecule has 0 saturated heterocycles. The van der Waals surface area contributed by atoms with Crippen molar-refractivity contribution in [3.05, 3.63) is 83.9 Å². The van der Waals surface area contributed by atoms with Crippen molar-refractivity contribution in [1.29, 1.82) is 0 Å². The number of ether oxygens (including phenoxy) is 2. The number of anilines is 1. The molecule has 0 spiro atoms. The van der Waals surface area contributed by atoms with Crippen LogP contribution in [0.4, 0.5) is 10.2 Å². The van der Waals surface area contributed by atoms with Crippen molar-refractivity contribution in [2.75, 3.05) is 19.5 Å². The van der Waals surface area contributed by atoms with E-state index in [4.69, 9.17) is 9.47 Å². The molecule has 0 aliphatic carbocycles. The summed E-state index contributed by atoms with van der Waals surface area (Å²) in [4.78, 5) is 13.0. The van der Waals surface area contributed by atoms with Crippen LogP contribution in [0.3, 0.4) is 0 Å². The van der Waals surface area contributed by atoms with Gasteiger partial charge in [-0.05, 0) is 48.0 Å². The number of nitrogens with zero attached hydrogens (tertiary/aromatic N) is 3. The molecule has 0 saturated carbocycles. The standard InChI is InChI=1S/C22H19FN4O2/c1-28-16-5-3-4-14(12-16)21(17-13-15(23)6-8-19(17)29-2)26-20-9-7-18-22(27-20)25-11-10-24-18/h3-13,21H,1-2H3,(H,25,26,27). The molecule has 1 atom stereocenters. The van der Waals surface area contributed by atoms with Gasteiger partial charge in [0.15, 0.2) is 5.65 Å². The monoisotopic (exact) mass is 390 g/mol. The summed E-state index contributed by atoms with van der Waals surface area (Å²) in [6, 6.07) is 15.2. The van der Waals surface area contributed by atoms with Crippen molar-refractivity contribution in [3.63, 3.8) is 0 Å². The fourth-order valence-electron chi connectivity index (χ4n) is 3.18. The third-order valence-corrected chi connectivity index (χ3v) is 4.55. The fourth-order valence-corrected chi connectivity index (χ4v) is 3.18. The smallest absolute Gasteiger partial charge is 0.180 e. The van der Waals surface area contributed by atoms with E-state index in [-0.39, 0.29) is 5.82 Å². The lowest BCUT2D eigenvalue weighted by Gasteiger charge is -2.23. The average Bonchev–Trinajstić information content (AvgIpc) is 2.77. The minimum Gasteiger partial charge on any atom is -0.497 e. The van der Waals surface area contributed by atoms with Crippen molar-refractivity contribution >= 4 is 17.0 Å². The molecule has 4 aromatic rings. The predicted octanol–water partition coefficient (Wildman–Crippen LogP) is 4.38. The van der Waals surface area contributed by atoms with Crippen LogP contribution in [0.1, 0.15) is 17.2 Å². The molecule has 0 aliphatic heterocycles. The topological polar surface area (TPSA) is 69.2 Å². The summed E-state index contributed by atoms with van der Waals surface area (Å²) in [6.07, 6.45) is 3.21. The highest BCUT2D eigenvalue weighted by Gasteiger charge is 2.21. The number of halogens is 1. The van der Waals surface area contributed by atoms with Crippen LogP contribution >= 0.6 is 0 Å². The van der Waals surface area contributed by atoms with Gasteiger partial charge in [-0.1, -0.05) is 12.1 Å². The Morgan fingerprint density at radius 1 is 0.931 bits per heavy atom.